The quantitative estimate of drug-likeness (QED) is 0.686. The Morgan fingerprint density at radius 3 is 2.44 bits per heavy atom. The van der Waals surface area contributed by atoms with Crippen LogP contribution in [0, 0.1) is 20.8 Å². The second-order valence-corrected chi connectivity index (χ2v) is 7.90. The van der Waals surface area contributed by atoms with Gasteiger partial charge >= 0.3 is 0 Å². The summed E-state index contributed by atoms with van der Waals surface area (Å²) in [7, 11) is -3.96. The Kier molecular flexibility index (Phi) is 4.52. The molecule has 0 saturated heterocycles. The van der Waals surface area contributed by atoms with Crippen LogP contribution in [-0.4, -0.2) is 23.6 Å². The Morgan fingerprint density at radius 2 is 1.84 bits per heavy atom. The van der Waals surface area contributed by atoms with Gasteiger partial charge in [0.15, 0.2) is 0 Å². The Morgan fingerprint density at radius 1 is 1.12 bits per heavy atom. The number of anilines is 1. The molecule has 0 spiro atoms. The van der Waals surface area contributed by atoms with Gasteiger partial charge in [-0.3, -0.25) is 4.72 Å². The van der Waals surface area contributed by atoms with Gasteiger partial charge in [-0.15, -0.1) is 10.2 Å². The fraction of sp³-hybridized carbons (Fsp3) is 0.200. The summed E-state index contributed by atoms with van der Waals surface area (Å²) in [6.45, 7) is 5.01. The number of nitrogens with zero attached hydrogens (tertiary/aromatic N) is 2. The number of aromatic amines is 1. The van der Waals surface area contributed by atoms with E-state index in [2.05, 4.69) is 19.9 Å². The number of aryl methyl sites for hydroxylation is 3. The van der Waals surface area contributed by atoms with Gasteiger partial charge in [0.05, 0.1) is 16.3 Å². The number of hydrogen-bond donors (Lipinski definition) is 2. The lowest BCUT2D eigenvalue weighted by atomic mass is 10.2. The van der Waals surface area contributed by atoms with Crippen LogP contribution < -0.4 is 4.72 Å². The third kappa shape index (κ3) is 3.37. The van der Waals surface area contributed by atoms with Crippen molar-refractivity contribution in [3.8, 4) is 11.5 Å². The molecule has 132 valence electrons. The molecular weight excluding hydrogens is 387 g/mol. The van der Waals surface area contributed by atoms with E-state index < -0.39 is 10.0 Å². The highest BCUT2D eigenvalue weighted by molar-refractivity contribution is 7.93. The number of H-pyrrole nitrogens is 1. The summed E-state index contributed by atoms with van der Waals surface area (Å²) in [6.07, 6.45) is 0. The third-order valence-corrected chi connectivity index (χ3v) is 5.59. The van der Waals surface area contributed by atoms with E-state index in [0.717, 1.165) is 0 Å². The van der Waals surface area contributed by atoms with Gasteiger partial charge in [0.1, 0.15) is 4.90 Å². The van der Waals surface area contributed by atoms with E-state index in [0.29, 0.717) is 27.9 Å². The van der Waals surface area contributed by atoms with Crippen LogP contribution in [0.15, 0.2) is 27.5 Å². The van der Waals surface area contributed by atoms with Crippen LogP contribution in [0.25, 0.3) is 11.5 Å². The van der Waals surface area contributed by atoms with Crippen LogP contribution in [0.3, 0.4) is 0 Å². The molecule has 1 aromatic carbocycles. The SMILES string of the molecule is Cc1nnc(-c2c(C)[nH]c(C)c2S(=O)(=O)Nc2ccc(Cl)cc2Cl)o1. The second kappa shape index (κ2) is 6.36. The molecule has 0 bridgehead atoms. The summed E-state index contributed by atoms with van der Waals surface area (Å²) in [5, 5.41) is 8.29. The highest BCUT2D eigenvalue weighted by Gasteiger charge is 2.29. The minimum absolute atomic E-state index is 0.0275. The van der Waals surface area contributed by atoms with Crippen molar-refractivity contribution in [3.05, 3.63) is 45.5 Å². The monoisotopic (exact) mass is 400 g/mol. The molecule has 3 aromatic rings. The number of nitrogens with one attached hydrogen (secondary N) is 2. The topological polar surface area (TPSA) is 101 Å². The van der Waals surface area contributed by atoms with Crippen molar-refractivity contribution >= 4 is 38.9 Å². The summed E-state index contributed by atoms with van der Waals surface area (Å²) >= 11 is 11.9. The van der Waals surface area contributed by atoms with Crippen molar-refractivity contribution in [1.82, 2.24) is 15.2 Å². The highest BCUT2D eigenvalue weighted by Crippen LogP contribution is 2.35. The summed E-state index contributed by atoms with van der Waals surface area (Å²) in [6, 6.07) is 4.49. The van der Waals surface area contributed by atoms with Crippen molar-refractivity contribution in [2.45, 2.75) is 25.7 Å². The van der Waals surface area contributed by atoms with Gasteiger partial charge < -0.3 is 9.40 Å². The number of hydrogen-bond acceptors (Lipinski definition) is 5. The summed E-state index contributed by atoms with van der Waals surface area (Å²) in [4.78, 5) is 3.03. The molecule has 0 aliphatic rings. The molecule has 0 fully saturated rings. The predicted octanol–water partition coefficient (Wildman–Crippen LogP) is 4.10. The molecule has 2 heterocycles. The molecule has 0 atom stereocenters. The molecule has 0 saturated carbocycles. The lowest BCUT2D eigenvalue weighted by Gasteiger charge is -2.11. The van der Waals surface area contributed by atoms with E-state index in [1.54, 1.807) is 26.8 Å². The van der Waals surface area contributed by atoms with Crippen LogP contribution in [0.1, 0.15) is 17.3 Å². The molecule has 2 aromatic heterocycles. The zero-order valence-corrected chi connectivity index (χ0v) is 15.8. The Bertz CT molecular complexity index is 1060. The molecular formula is C15H14Cl2N4O3S. The minimum Gasteiger partial charge on any atom is -0.421 e. The molecule has 0 amide bonds. The predicted molar refractivity (Wildman–Crippen MR) is 95.6 cm³/mol. The first-order valence-electron chi connectivity index (χ1n) is 7.16. The first kappa shape index (κ1) is 17.8. The van der Waals surface area contributed by atoms with Crippen molar-refractivity contribution < 1.29 is 12.8 Å². The standard InChI is InChI=1S/C15H14Cl2N4O3S/c1-7-13(15-20-19-9(3)24-15)14(8(2)18-7)25(22,23)21-12-5-4-10(16)6-11(12)17/h4-6,18,21H,1-3H3. The van der Waals surface area contributed by atoms with Gasteiger partial charge in [-0.25, -0.2) is 8.42 Å². The molecule has 3 rings (SSSR count). The number of halogens is 2. The smallest absolute Gasteiger partial charge is 0.264 e. The van der Waals surface area contributed by atoms with Crippen molar-refractivity contribution in [1.29, 1.82) is 0 Å². The van der Waals surface area contributed by atoms with E-state index in [-0.39, 0.29) is 21.5 Å². The van der Waals surface area contributed by atoms with E-state index in [4.69, 9.17) is 27.6 Å². The van der Waals surface area contributed by atoms with Crippen molar-refractivity contribution in [2.75, 3.05) is 4.72 Å². The van der Waals surface area contributed by atoms with E-state index >= 15 is 0 Å². The molecule has 7 nitrogen and oxygen atoms in total. The average molecular weight is 401 g/mol. The third-order valence-electron chi connectivity index (χ3n) is 3.50. The first-order chi connectivity index (χ1) is 11.7. The molecule has 0 radical (unpaired) electrons. The fourth-order valence-electron chi connectivity index (χ4n) is 2.52. The summed E-state index contributed by atoms with van der Waals surface area (Å²) in [5.41, 5.74) is 1.59. The highest BCUT2D eigenvalue weighted by atomic mass is 35.5. The zero-order valence-electron chi connectivity index (χ0n) is 13.5. The van der Waals surface area contributed by atoms with Crippen LogP contribution in [0.4, 0.5) is 5.69 Å². The van der Waals surface area contributed by atoms with E-state index in [1.807, 2.05) is 0 Å². The summed E-state index contributed by atoms with van der Waals surface area (Å²) < 4.78 is 33.8. The maximum Gasteiger partial charge on any atom is 0.264 e. The van der Waals surface area contributed by atoms with Crippen molar-refractivity contribution in [2.24, 2.45) is 0 Å². The van der Waals surface area contributed by atoms with Gasteiger partial charge in [-0.05, 0) is 32.0 Å². The maximum atomic E-state index is 13.0. The van der Waals surface area contributed by atoms with Gasteiger partial charge in [0.25, 0.3) is 15.9 Å². The van der Waals surface area contributed by atoms with Crippen LogP contribution in [0.2, 0.25) is 10.0 Å². The number of benzene rings is 1. The first-order valence-corrected chi connectivity index (χ1v) is 9.40. The minimum atomic E-state index is -3.96. The van der Waals surface area contributed by atoms with Crippen LogP contribution in [0.5, 0.6) is 0 Å². The molecule has 0 aliphatic carbocycles. The lowest BCUT2D eigenvalue weighted by molar-refractivity contribution is 0.531. The van der Waals surface area contributed by atoms with Crippen LogP contribution in [-0.2, 0) is 10.0 Å². The number of aromatic nitrogens is 3. The molecule has 10 heteroatoms. The Balaban J connectivity index is 2.12. The Hall–Kier alpha value is -2.03. The average Bonchev–Trinajstić information content (AvgIpc) is 3.05. The largest absolute Gasteiger partial charge is 0.421 e. The maximum absolute atomic E-state index is 13.0. The van der Waals surface area contributed by atoms with E-state index in [9.17, 15) is 8.42 Å². The van der Waals surface area contributed by atoms with E-state index in [1.165, 1.54) is 12.1 Å². The Labute approximate surface area is 154 Å². The second-order valence-electron chi connectivity index (χ2n) is 5.44. The van der Waals surface area contributed by atoms with Gasteiger partial charge in [0, 0.05) is 23.3 Å². The lowest BCUT2D eigenvalue weighted by Crippen LogP contribution is -2.14. The molecule has 25 heavy (non-hydrogen) atoms. The summed E-state index contributed by atoms with van der Waals surface area (Å²) in [5.74, 6) is 0.465. The van der Waals surface area contributed by atoms with Crippen molar-refractivity contribution in [3.63, 3.8) is 0 Å². The number of rotatable bonds is 4. The molecule has 0 unspecified atom stereocenters. The molecule has 0 aliphatic heterocycles. The zero-order chi connectivity index (χ0) is 18.4. The van der Waals surface area contributed by atoms with Gasteiger partial charge in [-0.1, -0.05) is 23.2 Å². The fourth-order valence-corrected chi connectivity index (χ4v) is 4.56. The van der Waals surface area contributed by atoms with Gasteiger partial charge in [-0.2, -0.15) is 0 Å². The number of sulfonamides is 1. The molecule has 2 N–H and O–H groups in total. The normalized spacial score (nSPS) is 11.7. The van der Waals surface area contributed by atoms with Crippen LogP contribution >= 0.6 is 23.2 Å². The van der Waals surface area contributed by atoms with Gasteiger partial charge in [0.2, 0.25) is 5.89 Å².